The molecule has 1 aliphatic rings. The van der Waals surface area contributed by atoms with E-state index in [1.807, 2.05) is 0 Å². The van der Waals surface area contributed by atoms with Crippen LogP contribution in [0.5, 0.6) is 0 Å². The van der Waals surface area contributed by atoms with E-state index in [9.17, 15) is 9.59 Å². The standard InChI is InChI=1S/C10H10Cl2N2O2S/c1-13-2-3-14(10(13)16)5-7(15)6-4-8(11)17-9(6)12/h4H,2-3,5H2,1H3. The molecule has 1 aromatic heterocycles. The van der Waals surface area contributed by atoms with Crippen LogP contribution in [-0.4, -0.2) is 48.3 Å². The van der Waals surface area contributed by atoms with Gasteiger partial charge in [-0.15, -0.1) is 11.3 Å². The summed E-state index contributed by atoms with van der Waals surface area (Å²) in [4.78, 5) is 26.6. The number of Topliss-reactive ketones (excluding diaryl/α,β-unsaturated/α-hetero) is 1. The van der Waals surface area contributed by atoms with Gasteiger partial charge in [0.25, 0.3) is 0 Å². The highest BCUT2D eigenvalue weighted by Crippen LogP contribution is 2.31. The van der Waals surface area contributed by atoms with Crippen LogP contribution in [0.4, 0.5) is 4.79 Å². The molecule has 0 N–H and O–H groups in total. The monoisotopic (exact) mass is 292 g/mol. The molecule has 0 atom stereocenters. The molecule has 1 aromatic rings. The first kappa shape index (κ1) is 12.7. The molecule has 1 fully saturated rings. The number of halogens is 2. The number of ketones is 1. The number of likely N-dealkylation sites (N-methyl/N-ethyl adjacent to an activating group) is 1. The zero-order valence-electron chi connectivity index (χ0n) is 9.07. The molecule has 0 bridgehead atoms. The highest BCUT2D eigenvalue weighted by molar-refractivity contribution is 7.20. The van der Waals surface area contributed by atoms with Crippen molar-refractivity contribution in [3.05, 3.63) is 20.3 Å². The van der Waals surface area contributed by atoms with Crippen molar-refractivity contribution in [2.24, 2.45) is 0 Å². The lowest BCUT2D eigenvalue weighted by atomic mass is 10.2. The zero-order chi connectivity index (χ0) is 12.6. The van der Waals surface area contributed by atoms with Gasteiger partial charge in [0.1, 0.15) is 4.34 Å². The number of hydrogen-bond donors (Lipinski definition) is 0. The van der Waals surface area contributed by atoms with Crippen molar-refractivity contribution in [1.29, 1.82) is 0 Å². The summed E-state index contributed by atoms with van der Waals surface area (Å²) >= 11 is 12.8. The van der Waals surface area contributed by atoms with E-state index in [2.05, 4.69) is 0 Å². The predicted octanol–water partition coefficient (Wildman–Crippen LogP) is 2.61. The van der Waals surface area contributed by atoms with E-state index >= 15 is 0 Å². The molecule has 0 unspecified atom stereocenters. The SMILES string of the molecule is CN1CCN(CC(=O)c2cc(Cl)sc2Cl)C1=O. The third-order valence-corrected chi connectivity index (χ3v) is 4.08. The summed E-state index contributed by atoms with van der Waals surface area (Å²) in [5.74, 6) is -0.179. The highest BCUT2D eigenvalue weighted by Gasteiger charge is 2.28. The van der Waals surface area contributed by atoms with Crippen LogP contribution < -0.4 is 0 Å². The lowest BCUT2D eigenvalue weighted by molar-refractivity contribution is 0.0952. The van der Waals surface area contributed by atoms with Gasteiger partial charge in [0.05, 0.1) is 16.4 Å². The molecule has 92 valence electrons. The number of nitrogens with zero attached hydrogens (tertiary/aromatic N) is 2. The van der Waals surface area contributed by atoms with Gasteiger partial charge in [-0.2, -0.15) is 0 Å². The Kier molecular flexibility index (Phi) is 3.61. The lowest BCUT2D eigenvalue weighted by Crippen LogP contribution is -2.33. The van der Waals surface area contributed by atoms with Crippen LogP contribution in [0.25, 0.3) is 0 Å². The molecule has 7 heteroatoms. The van der Waals surface area contributed by atoms with Gasteiger partial charge in [0.15, 0.2) is 5.78 Å². The van der Waals surface area contributed by atoms with Crippen molar-refractivity contribution >= 4 is 46.4 Å². The summed E-state index contributed by atoms with van der Waals surface area (Å²) in [5, 5.41) is 0. The summed E-state index contributed by atoms with van der Waals surface area (Å²) in [5.41, 5.74) is 0.393. The van der Waals surface area contributed by atoms with Crippen LogP contribution in [-0.2, 0) is 0 Å². The number of urea groups is 1. The van der Waals surface area contributed by atoms with E-state index < -0.39 is 0 Å². The molecule has 2 amide bonds. The number of thiophene rings is 1. The maximum atomic E-state index is 11.9. The molecule has 1 aliphatic heterocycles. The Morgan fingerprint density at radius 1 is 1.47 bits per heavy atom. The van der Waals surface area contributed by atoms with E-state index in [1.165, 1.54) is 4.90 Å². The van der Waals surface area contributed by atoms with Gasteiger partial charge in [0, 0.05) is 20.1 Å². The van der Waals surface area contributed by atoms with Crippen molar-refractivity contribution in [1.82, 2.24) is 9.80 Å². The molecule has 0 aromatic carbocycles. The fourth-order valence-electron chi connectivity index (χ4n) is 1.64. The van der Waals surface area contributed by atoms with E-state index in [-0.39, 0.29) is 18.4 Å². The fourth-order valence-corrected chi connectivity index (χ4v) is 3.14. The van der Waals surface area contributed by atoms with Crippen LogP contribution in [0, 0.1) is 0 Å². The summed E-state index contributed by atoms with van der Waals surface area (Å²) in [6, 6.07) is 1.41. The van der Waals surface area contributed by atoms with Gasteiger partial charge in [0.2, 0.25) is 0 Å². The lowest BCUT2D eigenvalue weighted by Gasteiger charge is -2.14. The van der Waals surface area contributed by atoms with Crippen molar-refractivity contribution in [3.8, 4) is 0 Å². The van der Waals surface area contributed by atoms with E-state index in [0.717, 1.165) is 11.3 Å². The third kappa shape index (κ3) is 2.56. The number of hydrogen-bond acceptors (Lipinski definition) is 3. The van der Waals surface area contributed by atoms with Gasteiger partial charge in [-0.05, 0) is 6.07 Å². The topological polar surface area (TPSA) is 40.6 Å². The third-order valence-electron chi connectivity index (χ3n) is 2.59. The molecular weight excluding hydrogens is 283 g/mol. The van der Waals surface area contributed by atoms with Crippen molar-refractivity contribution in [2.45, 2.75) is 0 Å². The zero-order valence-corrected chi connectivity index (χ0v) is 11.4. The van der Waals surface area contributed by atoms with Gasteiger partial charge < -0.3 is 9.80 Å². The highest BCUT2D eigenvalue weighted by atomic mass is 35.5. The Morgan fingerprint density at radius 3 is 2.65 bits per heavy atom. The first-order valence-corrected chi connectivity index (χ1v) is 6.54. The Morgan fingerprint density at radius 2 is 2.18 bits per heavy atom. The number of amides is 2. The maximum absolute atomic E-state index is 11.9. The van der Waals surface area contributed by atoms with Crippen molar-refractivity contribution < 1.29 is 9.59 Å². The number of rotatable bonds is 3. The molecule has 2 rings (SSSR count). The second-order valence-corrected chi connectivity index (χ2v) is 6.07. The quantitative estimate of drug-likeness (QED) is 0.804. The summed E-state index contributed by atoms with van der Waals surface area (Å²) in [6.45, 7) is 1.26. The molecule has 2 heterocycles. The molecule has 0 saturated carbocycles. The second kappa shape index (κ2) is 4.84. The molecular formula is C10H10Cl2N2O2S. The smallest absolute Gasteiger partial charge is 0.320 e. The Balaban J connectivity index is 2.07. The summed E-state index contributed by atoms with van der Waals surface area (Å²) in [7, 11) is 1.71. The molecule has 0 spiro atoms. The normalized spacial score (nSPS) is 15.8. The largest absolute Gasteiger partial charge is 0.326 e. The summed E-state index contributed by atoms with van der Waals surface area (Å²) in [6.07, 6.45) is 0. The maximum Gasteiger partial charge on any atom is 0.320 e. The van der Waals surface area contributed by atoms with Gasteiger partial charge in [-0.3, -0.25) is 4.79 Å². The predicted molar refractivity (Wildman–Crippen MR) is 68.3 cm³/mol. The molecule has 0 radical (unpaired) electrons. The average molecular weight is 293 g/mol. The Labute approximate surface area is 113 Å². The first-order chi connectivity index (χ1) is 7.99. The molecule has 4 nitrogen and oxygen atoms in total. The van der Waals surface area contributed by atoms with Crippen LogP contribution in [0.2, 0.25) is 8.67 Å². The van der Waals surface area contributed by atoms with Crippen molar-refractivity contribution in [2.75, 3.05) is 26.7 Å². The fraction of sp³-hybridized carbons (Fsp3) is 0.400. The molecule has 0 aliphatic carbocycles. The van der Waals surface area contributed by atoms with Crippen LogP contribution in [0.3, 0.4) is 0 Å². The Bertz CT molecular complexity index is 475. The number of carbonyl (C=O) groups is 2. The molecule has 1 saturated heterocycles. The van der Waals surface area contributed by atoms with Crippen molar-refractivity contribution in [3.63, 3.8) is 0 Å². The minimum Gasteiger partial charge on any atom is -0.326 e. The van der Waals surface area contributed by atoms with Crippen LogP contribution in [0.1, 0.15) is 10.4 Å². The van der Waals surface area contributed by atoms with Gasteiger partial charge in [-0.25, -0.2) is 4.79 Å². The van der Waals surface area contributed by atoms with E-state index in [4.69, 9.17) is 23.2 Å². The number of carbonyl (C=O) groups excluding carboxylic acids is 2. The van der Waals surface area contributed by atoms with Gasteiger partial charge in [-0.1, -0.05) is 23.2 Å². The average Bonchev–Trinajstić information content (AvgIpc) is 2.75. The summed E-state index contributed by atoms with van der Waals surface area (Å²) < 4.78 is 0.850. The van der Waals surface area contributed by atoms with Gasteiger partial charge >= 0.3 is 6.03 Å². The van der Waals surface area contributed by atoms with Crippen LogP contribution >= 0.6 is 34.5 Å². The minimum absolute atomic E-state index is 0.0515. The minimum atomic E-state index is -0.179. The molecule has 17 heavy (non-hydrogen) atoms. The first-order valence-electron chi connectivity index (χ1n) is 4.97. The van der Waals surface area contributed by atoms with Crippen LogP contribution in [0.15, 0.2) is 6.07 Å². The Hall–Kier alpha value is -0.780. The van der Waals surface area contributed by atoms with E-state index in [1.54, 1.807) is 18.0 Å². The van der Waals surface area contributed by atoms with E-state index in [0.29, 0.717) is 27.3 Å². The second-order valence-electron chi connectivity index (χ2n) is 3.79.